The molecule has 18 heavy (non-hydrogen) atoms. The number of hydrogen-bond acceptors (Lipinski definition) is 4. The lowest BCUT2D eigenvalue weighted by molar-refractivity contribution is 0.124. The fourth-order valence-electron chi connectivity index (χ4n) is 1.81. The van der Waals surface area contributed by atoms with Gasteiger partial charge in [0.15, 0.2) is 0 Å². The van der Waals surface area contributed by atoms with Crippen molar-refractivity contribution in [3.63, 3.8) is 0 Å². The van der Waals surface area contributed by atoms with Crippen LogP contribution in [-0.2, 0) is 11.2 Å². The van der Waals surface area contributed by atoms with E-state index in [1.54, 1.807) is 6.33 Å². The molecule has 1 heterocycles. The minimum atomic E-state index is 0.844. The molecule has 0 bridgehead atoms. The minimum absolute atomic E-state index is 0.844. The van der Waals surface area contributed by atoms with Gasteiger partial charge in [0.25, 0.3) is 0 Å². The topological polar surface area (TPSA) is 47.0 Å². The lowest BCUT2D eigenvalue weighted by Gasteiger charge is -2.07. The molecule has 1 fully saturated rings. The third kappa shape index (κ3) is 5.00. The second-order valence-electron chi connectivity index (χ2n) is 4.94. The predicted octanol–water partition coefficient (Wildman–Crippen LogP) is 2.66. The molecule has 4 heteroatoms. The van der Waals surface area contributed by atoms with Gasteiger partial charge in [0.2, 0.25) is 0 Å². The largest absolute Gasteiger partial charge is 0.381 e. The van der Waals surface area contributed by atoms with Crippen molar-refractivity contribution in [3.8, 4) is 0 Å². The summed E-state index contributed by atoms with van der Waals surface area (Å²) >= 11 is 0. The van der Waals surface area contributed by atoms with Crippen molar-refractivity contribution < 1.29 is 4.74 Å². The van der Waals surface area contributed by atoms with Gasteiger partial charge in [0.1, 0.15) is 12.1 Å². The average molecular weight is 249 g/mol. The van der Waals surface area contributed by atoms with Crippen LogP contribution in [0.5, 0.6) is 0 Å². The van der Waals surface area contributed by atoms with E-state index in [2.05, 4.69) is 22.2 Å². The van der Waals surface area contributed by atoms with Crippen molar-refractivity contribution in [1.29, 1.82) is 0 Å². The van der Waals surface area contributed by atoms with Crippen LogP contribution in [0.15, 0.2) is 12.4 Å². The normalized spacial score (nSPS) is 14.7. The fraction of sp³-hybridized carbons (Fsp3) is 0.714. The van der Waals surface area contributed by atoms with Crippen molar-refractivity contribution in [2.45, 2.75) is 39.0 Å². The Labute approximate surface area is 109 Å². The molecular formula is C14H23N3O. The third-order valence-corrected chi connectivity index (χ3v) is 3.05. The first-order valence-corrected chi connectivity index (χ1v) is 7.01. The molecule has 0 radical (unpaired) electrons. The summed E-state index contributed by atoms with van der Waals surface area (Å²) in [5.41, 5.74) is 1.11. The summed E-state index contributed by atoms with van der Waals surface area (Å²) in [4.78, 5) is 8.45. The zero-order chi connectivity index (χ0) is 12.6. The summed E-state index contributed by atoms with van der Waals surface area (Å²) in [6.07, 6.45) is 7.52. The van der Waals surface area contributed by atoms with Crippen molar-refractivity contribution in [1.82, 2.24) is 9.97 Å². The van der Waals surface area contributed by atoms with Crippen LogP contribution in [-0.4, -0.2) is 29.7 Å². The maximum atomic E-state index is 5.59. The number of anilines is 1. The second kappa shape index (κ2) is 7.31. The Hall–Kier alpha value is -1.16. The molecule has 4 nitrogen and oxygen atoms in total. The maximum absolute atomic E-state index is 5.59. The molecule has 0 aromatic carbocycles. The Morgan fingerprint density at radius 1 is 1.39 bits per heavy atom. The maximum Gasteiger partial charge on any atom is 0.129 e. The molecule has 0 unspecified atom stereocenters. The Balaban J connectivity index is 1.58. The molecule has 1 aliphatic carbocycles. The van der Waals surface area contributed by atoms with Gasteiger partial charge < -0.3 is 10.1 Å². The highest BCUT2D eigenvalue weighted by molar-refractivity contribution is 5.34. The van der Waals surface area contributed by atoms with Gasteiger partial charge in [-0.05, 0) is 31.6 Å². The summed E-state index contributed by atoms with van der Waals surface area (Å²) in [6, 6.07) is 2.04. The molecule has 1 saturated carbocycles. The fourth-order valence-corrected chi connectivity index (χ4v) is 1.81. The molecule has 1 aliphatic rings. The Morgan fingerprint density at radius 2 is 2.28 bits per heavy atom. The van der Waals surface area contributed by atoms with Gasteiger partial charge in [0, 0.05) is 31.5 Å². The quantitative estimate of drug-likeness (QED) is 0.683. The first-order chi connectivity index (χ1) is 8.88. The third-order valence-electron chi connectivity index (χ3n) is 3.05. The molecule has 100 valence electrons. The van der Waals surface area contributed by atoms with Crippen LogP contribution < -0.4 is 5.32 Å². The number of ether oxygens (including phenoxy) is 1. The second-order valence-corrected chi connectivity index (χ2v) is 4.94. The minimum Gasteiger partial charge on any atom is -0.381 e. The Morgan fingerprint density at radius 3 is 3.06 bits per heavy atom. The van der Waals surface area contributed by atoms with Crippen LogP contribution in [0.4, 0.5) is 5.82 Å². The highest BCUT2D eigenvalue weighted by Crippen LogP contribution is 2.28. The smallest absolute Gasteiger partial charge is 0.129 e. The van der Waals surface area contributed by atoms with Crippen LogP contribution in [0.1, 0.15) is 38.3 Å². The standard InChI is InChI=1S/C14H23N3O/c1-2-4-13-9-14(17-11-16-13)15-7-3-8-18-10-12-5-6-12/h9,11-12H,2-8,10H2,1H3,(H,15,16,17). The molecule has 0 atom stereocenters. The van der Waals surface area contributed by atoms with E-state index in [0.717, 1.165) is 56.5 Å². The van der Waals surface area contributed by atoms with Crippen molar-refractivity contribution in [2.75, 3.05) is 25.1 Å². The van der Waals surface area contributed by atoms with Gasteiger partial charge in [-0.1, -0.05) is 13.3 Å². The molecule has 1 aromatic rings. The lowest BCUT2D eigenvalue weighted by Crippen LogP contribution is -2.08. The van der Waals surface area contributed by atoms with Gasteiger partial charge in [-0.2, -0.15) is 0 Å². The zero-order valence-electron chi connectivity index (χ0n) is 11.2. The summed E-state index contributed by atoms with van der Waals surface area (Å²) in [5.74, 6) is 1.78. The molecule has 0 saturated heterocycles. The SMILES string of the molecule is CCCc1cc(NCCCOCC2CC2)ncn1. The first kappa shape index (κ1) is 13.3. The first-order valence-electron chi connectivity index (χ1n) is 7.01. The predicted molar refractivity (Wildman–Crippen MR) is 72.7 cm³/mol. The summed E-state index contributed by atoms with van der Waals surface area (Å²) in [6.45, 7) is 4.87. The van der Waals surface area contributed by atoms with E-state index >= 15 is 0 Å². The van der Waals surface area contributed by atoms with Gasteiger partial charge in [-0.25, -0.2) is 9.97 Å². The molecule has 0 amide bonds. The van der Waals surface area contributed by atoms with E-state index in [0.29, 0.717) is 0 Å². The van der Waals surface area contributed by atoms with Crippen molar-refractivity contribution >= 4 is 5.82 Å². The molecule has 1 N–H and O–H groups in total. The van der Waals surface area contributed by atoms with E-state index in [9.17, 15) is 0 Å². The van der Waals surface area contributed by atoms with E-state index in [-0.39, 0.29) is 0 Å². The lowest BCUT2D eigenvalue weighted by atomic mass is 10.2. The van der Waals surface area contributed by atoms with E-state index < -0.39 is 0 Å². The Bertz CT molecular complexity index is 353. The van der Waals surface area contributed by atoms with Gasteiger partial charge in [-0.15, -0.1) is 0 Å². The molecule has 0 aliphatic heterocycles. The molecular weight excluding hydrogens is 226 g/mol. The van der Waals surface area contributed by atoms with E-state index in [1.165, 1.54) is 12.8 Å². The number of rotatable bonds is 9. The van der Waals surface area contributed by atoms with Gasteiger partial charge >= 0.3 is 0 Å². The highest BCUT2D eigenvalue weighted by atomic mass is 16.5. The van der Waals surface area contributed by atoms with Crippen LogP contribution in [0.3, 0.4) is 0 Å². The van der Waals surface area contributed by atoms with Gasteiger partial charge in [0.05, 0.1) is 0 Å². The summed E-state index contributed by atoms with van der Waals surface area (Å²) in [5, 5.41) is 3.32. The van der Waals surface area contributed by atoms with Gasteiger partial charge in [-0.3, -0.25) is 0 Å². The number of aromatic nitrogens is 2. The summed E-state index contributed by atoms with van der Waals surface area (Å²) in [7, 11) is 0. The monoisotopic (exact) mass is 249 g/mol. The zero-order valence-corrected chi connectivity index (χ0v) is 11.2. The average Bonchev–Trinajstić information content (AvgIpc) is 3.19. The van der Waals surface area contributed by atoms with E-state index in [4.69, 9.17) is 4.74 Å². The van der Waals surface area contributed by atoms with Crippen LogP contribution in [0.25, 0.3) is 0 Å². The number of nitrogens with zero attached hydrogens (tertiary/aromatic N) is 2. The van der Waals surface area contributed by atoms with E-state index in [1.807, 2.05) is 6.07 Å². The number of hydrogen-bond donors (Lipinski definition) is 1. The van der Waals surface area contributed by atoms with Crippen LogP contribution >= 0.6 is 0 Å². The van der Waals surface area contributed by atoms with Crippen molar-refractivity contribution in [3.05, 3.63) is 18.1 Å². The number of nitrogens with one attached hydrogen (secondary N) is 1. The van der Waals surface area contributed by atoms with Crippen LogP contribution in [0.2, 0.25) is 0 Å². The highest BCUT2D eigenvalue weighted by Gasteiger charge is 2.20. The summed E-state index contributed by atoms with van der Waals surface area (Å²) < 4.78 is 5.59. The molecule has 1 aromatic heterocycles. The number of aryl methyl sites for hydroxylation is 1. The van der Waals surface area contributed by atoms with Crippen molar-refractivity contribution in [2.24, 2.45) is 5.92 Å². The molecule has 0 spiro atoms. The Kier molecular flexibility index (Phi) is 5.39. The van der Waals surface area contributed by atoms with Crippen LogP contribution in [0, 0.1) is 5.92 Å². The molecule has 2 rings (SSSR count).